The normalized spacial score (nSPS) is 12.1. The number of hydrogen-bond donors (Lipinski definition) is 1. The van der Waals surface area contributed by atoms with Gasteiger partial charge in [-0.05, 0) is 47.9 Å². The lowest BCUT2D eigenvalue weighted by molar-refractivity contribution is -0.137. The molecular formula is C19H15ClF3N7O2. The van der Waals surface area contributed by atoms with E-state index in [2.05, 4.69) is 25.7 Å². The van der Waals surface area contributed by atoms with Crippen LogP contribution in [0, 0.1) is 0 Å². The Hall–Kier alpha value is -3.54. The number of nitrogens with one attached hydrogen (secondary N) is 1. The molecule has 0 atom stereocenters. The van der Waals surface area contributed by atoms with Crippen LogP contribution in [0.4, 0.5) is 19.0 Å². The van der Waals surface area contributed by atoms with Gasteiger partial charge in [-0.3, -0.25) is 9.59 Å². The zero-order chi connectivity index (χ0) is 23.2. The minimum Gasteiger partial charge on any atom is -0.308 e. The summed E-state index contributed by atoms with van der Waals surface area (Å²) in [7, 11) is 0. The highest BCUT2D eigenvalue weighted by atomic mass is 35.5. The molecule has 0 radical (unpaired) electrons. The van der Waals surface area contributed by atoms with Gasteiger partial charge in [0.25, 0.3) is 5.56 Å². The molecule has 4 rings (SSSR count). The van der Waals surface area contributed by atoms with Gasteiger partial charge in [-0.1, -0.05) is 13.8 Å². The predicted molar refractivity (Wildman–Crippen MR) is 110 cm³/mol. The number of carbonyl (C=O) groups is 1. The number of nitrogens with zero attached hydrogens (tertiary/aromatic N) is 6. The van der Waals surface area contributed by atoms with E-state index >= 15 is 0 Å². The van der Waals surface area contributed by atoms with Crippen molar-refractivity contribution in [3.05, 3.63) is 57.2 Å². The molecule has 0 saturated carbocycles. The van der Waals surface area contributed by atoms with Gasteiger partial charge in [-0.2, -0.15) is 22.8 Å². The van der Waals surface area contributed by atoms with Crippen molar-refractivity contribution in [3.63, 3.8) is 0 Å². The SMILES string of the molecule is CC(C)c1nn(CC(=O)Nc2ccc3nnc(Cl)n3n2)c(=O)c2ccc(C(F)(F)F)cc12. The summed E-state index contributed by atoms with van der Waals surface area (Å²) in [5.41, 5.74) is -0.911. The lowest BCUT2D eigenvalue weighted by atomic mass is 10.0. The van der Waals surface area contributed by atoms with Crippen molar-refractivity contribution < 1.29 is 18.0 Å². The van der Waals surface area contributed by atoms with Crippen LogP contribution in [0.3, 0.4) is 0 Å². The second-order valence-corrected chi connectivity index (χ2v) is 7.60. The van der Waals surface area contributed by atoms with E-state index in [1.165, 1.54) is 16.6 Å². The topological polar surface area (TPSA) is 107 Å². The van der Waals surface area contributed by atoms with E-state index in [1.807, 2.05) is 0 Å². The molecule has 0 aliphatic rings. The van der Waals surface area contributed by atoms with E-state index in [1.54, 1.807) is 13.8 Å². The van der Waals surface area contributed by atoms with Crippen LogP contribution in [-0.2, 0) is 17.5 Å². The molecule has 0 fully saturated rings. The molecule has 13 heteroatoms. The number of hydrogen-bond acceptors (Lipinski definition) is 6. The van der Waals surface area contributed by atoms with Crippen molar-refractivity contribution >= 4 is 39.7 Å². The third kappa shape index (κ3) is 4.00. The fraction of sp³-hybridized carbons (Fsp3) is 0.263. The van der Waals surface area contributed by atoms with E-state index in [4.69, 9.17) is 11.6 Å². The highest BCUT2D eigenvalue weighted by Gasteiger charge is 2.31. The third-order valence-electron chi connectivity index (χ3n) is 4.65. The summed E-state index contributed by atoms with van der Waals surface area (Å²) < 4.78 is 41.5. The van der Waals surface area contributed by atoms with Crippen molar-refractivity contribution in [2.45, 2.75) is 32.5 Å². The number of amides is 1. The Kier molecular flexibility index (Phi) is 5.33. The van der Waals surface area contributed by atoms with E-state index < -0.39 is 29.8 Å². The fourth-order valence-electron chi connectivity index (χ4n) is 3.17. The molecule has 1 aromatic carbocycles. The molecule has 4 aromatic rings. The summed E-state index contributed by atoms with van der Waals surface area (Å²) >= 11 is 5.86. The van der Waals surface area contributed by atoms with Crippen molar-refractivity contribution in [1.29, 1.82) is 0 Å². The fourth-order valence-corrected chi connectivity index (χ4v) is 3.33. The van der Waals surface area contributed by atoms with Crippen LogP contribution in [0.2, 0.25) is 5.28 Å². The van der Waals surface area contributed by atoms with Gasteiger partial charge in [0.15, 0.2) is 11.5 Å². The molecule has 3 aromatic heterocycles. The predicted octanol–water partition coefficient (Wildman–Crippen LogP) is 3.27. The molecule has 0 saturated heterocycles. The highest BCUT2D eigenvalue weighted by Crippen LogP contribution is 2.32. The maximum atomic E-state index is 13.1. The van der Waals surface area contributed by atoms with E-state index in [0.29, 0.717) is 5.65 Å². The van der Waals surface area contributed by atoms with Gasteiger partial charge < -0.3 is 5.32 Å². The molecule has 0 aliphatic carbocycles. The van der Waals surface area contributed by atoms with Crippen LogP contribution in [0.1, 0.15) is 31.0 Å². The van der Waals surface area contributed by atoms with Crippen molar-refractivity contribution in [2.75, 3.05) is 5.32 Å². The standard InChI is InChI=1S/C19H15ClF3N7O2/c1-9(2)16-12-7-10(19(21,22)23)3-4-11(12)17(32)29(28-16)8-15(31)24-13-5-6-14-25-26-18(20)30(14)27-13/h3-7,9H,8H2,1-2H3,(H,24,27,31). The van der Waals surface area contributed by atoms with Gasteiger partial charge >= 0.3 is 6.18 Å². The summed E-state index contributed by atoms with van der Waals surface area (Å²) in [6.07, 6.45) is -4.56. The van der Waals surface area contributed by atoms with Gasteiger partial charge in [0.1, 0.15) is 6.54 Å². The van der Waals surface area contributed by atoms with Gasteiger partial charge in [-0.25, -0.2) is 4.68 Å². The van der Waals surface area contributed by atoms with Gasteiger partial charge in [0.2, 0.25) is 11.2 Å². The van der Waals surface area contributed by atoms with Crippen LogP contribution < -0.4 is 10.9 Å². The summed E-state index contributed by atoms with van der Waals surface area (Å²) in [4.78, 5) is 25.3. The lowest BCUT2D eigenvalue weighted by Crippen LogP contribution is -2.31. The maximum absolute atomic E-state index is 13.1. The molecule has 1 N–H and O–H groups in total. The zero-order valence-electron chi connectivity index (χ0n) is 16.7. The number of aromatic nitrogens is 6. The molecule has 3 heterocycles. The molecule has 1 amide bonds. The van der Waals surface area contributed by atoms with E-state index in [-0.39, 0.29) is 33.5 Å². The number of anilines is 1. The van der Waals surface area contributed by atoms with Gasteiger partial charge in [0, 0.05) is 5.39 Å². The first-order chi connectivity index (χ1) is 15.0. The molecule has 0 bridgehead atoms. The quantitative estimate of drug-likeness (QED) is 0.495. The van der Waals surface area contributed by atoms with Crippen LogP contribution in [0.25, 0.3) is 16.4 Å². The Bertz CT molecular complexity index is 1410. The number of halogens is 4. The number of alkyl halides is 3. The monoisotopic (exact) mass is 465 g/mol. The number of fused-ring (bicyclic) bond motifs is 2. The summed E-state index contributed by atoms with van der Waals surface area (Å²) in [5.74, 6) is -0.774. The first-order valence-corrected chi connectivity index (χ1v) is 9.72. The smallest absolute Gasteiger partial charge is 0.308 e. The molecule has 166 valence electrons. The Morgan fingerprint density at radius 2 is 1.88 bits per heavy atom. The average Bonchev–Trinajstić information content (AvgIpc) is 3.09. The Morgan fingerprint density at radius 1 is 1.12 bits per heavy atom. The molecule has 0 spiro atoms. The van der Waals surface area contributed by atoms with Gasteiger partial charge in [-0.15, -0.1) is 15.3 Å². The van der Waals surface area contributed by atoms with Crippen molar-refractivity contribution in [3.8, 4) is 0 Å². The summed E-state index contributed by atoms with van der Waals surface area (Å²) in [6, 6.07) is 5.86. The van der Waals surface area contributed by atoms with Crippen LogP contribution in [0.15, 0.2) is 35.1 Å². The van der Waals surface area contributed by atoms with E-state index in [0.717, 1.165) is 22.9 Å². The largest absolute Gasteiger partial charge is 0.416 e. The van der Waals surface area contributed by atoms with Crippen molar-refractivity contribution in [1.82, 2.24) is 29.6 Å². The van der Waals surface area contributed by atoms with Gasteiger partial charge in [0.05, 0.1) is 16.6 Å². The maximum Gasteiger partial charge on any atom is 0.416 e. The molecule has 32 heavy (non-hydrogen) atoms. The number of carbonyl (C=O) groups excluding carboxylic acids is 1. The molecular weight excluding hydrogens is 451 g/mol. The van der Waals surface area contributed by atoms with Crippen LogP contribution in [-0.4, -0.2) is 35.5 Å². The lowest BCUT2D eigenvalue weighted by Gasteiger charge is -2.15. The average molecular weight is 466 g/mol. The van der Waals surface area contributed by atoms with Crippen LogP contribution >= 0.6 is 11.6 Å². The Morgan fingerprint density at radius 3 is 2.56 bits per heavy atom. The molecule has 0 unspecified atom stereocenters. The first-order valence-electron chi connectivity index (χ1n) is 9.34. The minimum atomic E-state index is -4.56. The van der Waals surface area contributed by atoms with Crippen LogP contribution in [0.5, 0.6) is 0 Å². The van der Waals surface area contributed by atoms with Crippen molar-refractivity contribution in [2.24, 2.45) is 0 Å². The third-order valence-corrected chi connectivity index (χ3v) is 4.88. The Labute approximate surface area is 182 Å². The molecule has 0 aliphatic heterocycles. The molecule has 9 nitrogen and oxygen atoms in total. The summed E-state index contributed by atoms with van der Waals surface area (Å²) in [6.45, 7) is 3.00. The van der Waals surface area contributed by atoms with E-state index in [9.17, 15) is 22.8 Å². The first kappa shape index (κ1) is 21.7. The Balaban J connectivity index is 1.68. The summed E-state index contributed by atoms with van der Waals surface area (Å²) in [5, 5.41) is 18.3. The second kappa shape index (κ2) is 7.86. The number of benzene rings is 1. The second-order valence-electron chi connectivity index (χ2n) is 7.27. The zero-order valence-corrected chi connectivity index (χ0v) is 17.4. The number of rotatable bonds is 4. The minimum absolute atomic E-state index is 0.00307. The highest BCUT2D eigenvalue weighted by molar-refractivity contribution is 6.28.